The number of sulfonamides is 1. The molecule has 1 aromatic heterocycles. The molecule has 0 bridgehead atoms. The molecule has 0 spiro atoms. The predicted octanol–water partition coefficient (Wildman–Crippen LogP) is 1.07. The third-order valence-corrected chi connectivity index (χ3v) is 5.62. The normalized spacial score (nSPS) is 18.3. The van der Waals surface area contributed by atoms with Gasteiger partial charge in [-0.2, -0.15) is 5.10 Å². The maximum absolute atomic E-state index is 12.2. The molecule has 1 aliphatic rings. The van der Waals surface area contributed by atoms with Gasteiger partial charge in [-0.05, 0) is 31.6 Å². The van der Waals surface area contributed by atoms with E-state index in [4.69, 9.17) is 0 Å². The van der Waals surface area contributed by atoms with E-state index in [2.05, 4.69) is 21.8 Å². The van der Waals surface area contributed by atoms with Crippen molar-refractivity contribution in [2.75, 3.05) is 6.54 Å². The summed E-state index contributed by atoms with van der Waals surface area (Å²) in [6.45, 7) is 3.89. The SMILES string of the molecule is CCC1(CNS(=O)(=O)c2n[nH]c(C)c2CO)CCC1. The van der Waals surface area contributed by atoms with E-state index in [0.717, 1.165) is 19.3 Å². The van der Waals surface area contributed by atoms with Crippen LogP contribution in [0.2, 0.25) is 0 Å². The third-order valence-electron chi connectivity index (χ3n) is 4.25. The Kier molecular flexibility index (Phi) is 3.98. The average molecular weight is 287 g/mol. The van der Waals surface area contributed by atoms with Crippen LogP contribution in [0.1, 0.15) is 43.9 Å². The number of nitrogens with zero attached hydrogens (tertiary/aromatic N) is 1. The highest BCUT2D eigenvalue weighted by molar-refractivity contribution is 7.89. The topological polar surface area (TPSA) is 95.1 Å². The lowest BCUT2D eigenvalue weighted by Gasteiger charge is -2.41. The summed E-state index contributed by atoms with van der Waals surface area (Å²) in [5, 5.41) is 15.5. The molecule has 1 fully saturated rings. The number of aromatic nitrogens is 2. The third kappa shape index (κ3) is 2.68. The van der Waals surface area contributed by atoms with E-state index < -0.39 is 10.0 Å². The number of aliphatic hydroxyl groups excluding tert-OH is 1. The van der Waals surface area contributed by atoms with E-state index in [1.165, 1.54) is 6.42 Å². The summed E-state index contributed by atoms with van der Waals surface area (Å²) in [6, 6.07) is 0. The zero-order valence-corrected chi connectivity index (χ0v) is 12.2. The molecule has 0 aromatic carbocycles. The lowest BCUT2D eigenvalue weighted by atomic mass is 9.67. The fraction of sp³-hybridized carbons (Fsp3) is 0.750. The molecular formula is C12H21N3O3S. The van der Waals surface area contributed by atoms with E-state index in [1.54, 1.807) is 6.92 Å². The summed E-state index contributed by atoms with van der Waals surface area (Å²) >= 11 is 0. The molecule has 1 aromatic rings. The molecule has 1 aliphatic carbocycles. The summed E-state index contributed by atoms with van der Waals surface area (Å²) in [5.74, 6) is 0. The molecule has 0 saturated heterocycles. The number of nitrogens with one attached hydrogen (secondary N) is 2. The van der Waals surface area contributed by atoms with Crippen molar-refractivity contribution in [2.45, 2.75) is 51.2 Å². The van der Waals surface area contributed by atoms with Gasteiger partial charge in [0.2, 0.25) is 0 Å². The Hall–Kier alpha value is -0.920. The van der Waals surface area contributed by atoms with Crippen LogP contribution in [0.3, 0.4) is 0 Å². The molecule has 1 heterocycles. The Morgan fingerprint density at radius 1 is 1.47 bits per heavy atom. The van der Waals surface area contributed by atoms with Gasteiger partial charge in [0.15, 0.2) is 5.03 Å². The number of aliphatic hydroxyl groups is 1. The first-order valence-corrected chi connectivity index (χ1v) is 8.07. The second kappa shape index (κ2) is 5.22. The van der Waals surface area contributed by atoms with Gasteiger partial charge in [0.1, 0.15) is 0 Å². The Labute approximate surface area is 113 Å². The predicted molar refractivity (Wildman–Crippen MR) is 71.0 cm³/mol. The summed E-state index contributed by atoms with van der Waals surface area (Å²) < 4.78 is 27.1. The standard InChI is InChI=1S/C12H21N3O3S/c1-3-12(5-4-6-12)8-13-19(17,18)11-10(7-16)9(2)14-15-11/h13,16H,3-8H2,1-2H3,(H,14,15). The summed E-state index contributed by atoms with van der Waals surface area (Å²) in [7, 11) is -3.65. The van der Waals surface area contributed by atoms with Crippen molar-refractivity contribution in [1.29, 1.82) is 0 Å². The lowest BCUT2D eigenvalue weighted by molar-refractivity contribution is 0.133. The van der Waals surface area contributed by atoms with Crippen molar-refractivity contribution in [3.8, 4) is 0 Å². The van der Waals surface area contributed by atoms with Crippen LogP contribution in [-0.2, 0) is 16.6 Å². The lowest BCUT2D eigenvalue weighted by Crippen LogP contribution is -2.41. The van der Waals surface area contributed by atoms with Crippen LogP contribution in [0, 0.1) is 12.3 Å². The zero-order chi connectivity index (χ0) is 14.1. The quantitative estimate of drug-likeness (QED) is 0.729. The molecule has 0 amide bonds. The van der Waals surface area contributed by atoms with Gasteiger partial charge in [-0.3, -0.25) is 5.10 Å². The van der Waals surface area contributed by atoms with Crippen molar-refractivity contribution in [3.05, 3.63) is 11.3 Å². The molecule has 6 nitrogen and oxygen atoms in total. The second-order valence-corrected chi connectivity index (χ2v) is 7.00. The molecule has 2 rings (SSSR count). The van der Waals surface area contributed by atoms with Crippen molar-refractivity contribution in [3.63, 3.8) is 0 Å². The number of hydrogen-bond donors (Lipinski definition) is 3. The highest BCUT2D eigenvalue weighted by Gasteiger charge is 2.36. The van der Waals surface area contributed by atoms with Crippen LogP contribution >= 0.6 is 0 Å². The van der Waals surface area contributed by atoms with E-state index in [-0.39, 0.29) is 17.0 Å². The Morgan fingerprint density at radius 3 is 2.63 bits per heavy atom. The number of aryl methyl sites for hydroxylation is 1. The minimum atomic E-state index is -3.65. The molecule has 1 saturated carbocycles. The first-order chi connectivity index (χ1) is 8.94. The molecular weight excluding hydrogens is 266 g/mol. The van der Waals surface area contributed by atoms with Gasteiger partial charge in [0.25, 0.3) is 10.0 Å². The first-order valence-electron chi connectivity index (χ1n) is 6.58. The maximum atomic E-state index is 12.2. The number of H-pyrrole nitrogens is 1. The minimum absolute atomic E-state index is 0.0851. The van der Waals surface area contributed by atoms with Gasteiger partial charge in [0, 0.05) is 17.8 Å². The van der Waals surface area contributed by atoms with Gasteiger partial charge >= 0.3 is 0 Å². The van der Waals surface area contributed by atoms with Crippen LogP contribution in [0.5, 0.6) is 0 Å². The van der Waals surface area contributed by atoms with Gasteiger partial charge in [0.05, 0.1) is 6.61 Å². The molecule has 0 atom stereocenters. The number of rotatable bonds is 6. The van der Waals surface area contributed by atoms with Crippen LogP contribution in [-0.4, -0.2) is 30.3 Å². The van der Waals surface area contributed by atoms with E-state index >= 15 is 0 Å². The fourth-order valence-corrected chi connectivity index (χ4v) is 3.83. The molecule has 19 heavy (non-hydrogen) atoms. The molecule has 0 unspecified atom stereocenters. The molecule has 7 heteroatoms. The zero-order valence-electron chi connectivity index (χ0n) is 11.4. The largest absolute Gasteiger partial charge is 0.392 e. The van der Waals surface area contributed by atoms with Crippen LogP contribution in [0.15, 0.2) is 5.03 Å². The van der Waals surface area contributed by atoms with Crippen LogP contribution in [0.4, 0.5) is 0 Å². The maximum Gasteiger partial charge on any atom is 0.260 e. The molecule has 0 radical (unpaired) electrons. The van der Waals surface area contributed by atoms with Gasteiger partial charge in [-0.1, -0.05) is 13.3 Å². The van der Waals surface area contributed by atoms with Crippen molar-refractivity contribution in [1.82, 2.24) is 14.9 Å². The van der Waals surface area contributed by atoms with E-state index in [1.807, 2.05) is 0 Å². The molecule has 108 valence electrons. The van der Waals surface area contributed by atoms with Gasteiger partial charge in [-0.15, -0.1) is 0 Å². The second-order valence-electron chi connectivity index (χ2n) is 5.32. The monoisotopic (exact) mass is 287 g/mol. The molecule has 0 aliphatic heterocycles. The average Bonchev–Trinajstić information content (AvgIpc) is 2.70. The Bertz CT molecular complexity index is 541. The van der Waals surface area contributed by atoms with Crippen molar-refractivity contribution >= 4 is 10.0 Å². The van der Waals surface area contributed by atoms with Crippen molar-refractivity contribution < 1.29 is 13.5 Å². The van der Waals surface area contributed by atoms with Crippen LogP contribution < -0.4 is 4.72 Å². The Morgan fingerprint density at radius 2 is 2.16 bits per heavy atom. The fourth-order valence-electron chi connectivity index (χ4n) is 2.49. The van der Waals surface area contributed by atoms with Crippen molar-refractivity contribution in [2.24, 2.45) is 5.41 Å². The summed E-state index contributed by atoms with van der Waals surface area (Å²) in [5.41, 5.74) is 1.03. The smallest absolute Gasteiger partial charge is 0.260 e. The van der Waals surface area contributed by atoms with E-state index in [9.17, 15) is 13.5 Å². The number of hydrogen-bond acceptors (Lipinski definition) is 4. The first kappa shape index (κ1) is 14.5. The van der Waals surface area contributed by atoms with Crippen LogP contribution in [0.25, 0.3) is 0 Å². The van der Waals surface area contributed by atoms with Gasteiger partial charge in [-0.25, -0.2) is 13.1 Å². The highest BCUT2D eigenvalue weighted by atomic mass is 32.2. The molecule has 3 N–H and O–H groups in total. The number of aromatic amines is 1. The minimum Gasteiger partial charge on any atom is -0.392 e. The summed E-state index contributed by atoms with van der Waals surface area (Å²) in [6.07, 6.45) is 4.28. The van der Waals surface area contributed by atoms with Gasteiger partial charge < -0.3 is 5.11 Å². The summed E-state index contributed by atoms with van der Waals surface area (Å²) in [4.78, 5) is 0. The Balaban J connectivity index is 2.14. The van der Waals surface area contributed by atoms with E-state index in [0.29, 0.717) is 17.8 Å². The highest BCUT2D eigenvalue weighted by Crippen LogP contribution is 2.43.